The Hall–Kier alpha value is -3.74. The van der Waals surface area contributed by atoms with Crippen LogP contribution < -0.4 is 10.2 Å². The van der Waals surface area contributed by atoms with E-state index < -0.39 is 5.97 Å². The molecule has 28 heavy (non-hydrogen) atoms. The highest BCUT2D eigenvalue weighted by Crippen LogP contribution is 2.20. The minimum Gasteiger partial charge on any atom is -0.465 e. The van der Waals surface area contributed by atoms with Crippen LogP contribution in [0.1, 0.15) is 27.8 Å². The molecule has 0 saturated carbocycles. The average Bonchev–Trinajstić information content (AvgIpc) is 2.75. The maximum atomic E-state index is 12.8. The zero-order chi connectivity index (χ0) is 19.9. The van der Waals surface area contributed by atoms with Crippen LogP contribution in [0.4, 0.5) is 17.2 Å². The summed E-state index contributed by atoms with van der Waals surface area (Å²) in [6, 6.07) is 16.3. The number of methoxy groups -OCH3 is 1. The first-order valence-electron chi connectivity index (χ1n) is 8.77. The predicted octanol–water partition coefficient (Wildman–Crippen LogP) is 3.67. The number of nitrogens with one attached hydrogen (secondary N) is 1. The lowest BCUT2D eigenvalue weighted by Gasteiger charge is -2.20. The molecule has 3 rings (SSSR count). The molecule has 0 spiro atoms. The van der Waals surface area contributed by atoms with Crippen molar-refractivity contribution >= 4 is 29.1 Å². The number of aromatic nitrogens is 2. The third-order valence-corrected chi connectivity index (χ3v) is 4.10. The first-order chi connectivity index (χ1) is 13.6. The van der Waals surface area contributed by atoms with Crippen LogP contribution in [0.2, 0.25) is 0 Å². The number of anilines is 3. The highest BCUT2D eigenvalue weighted by molar-refractivity contribution is 6.04. The minimum atomic E-state index is -0.454. The Morgan fingerprint density at radius 2 is 1.71 bits per heavy atom. The number of carbonyl (C=O) groups is 2. The van der Waals surface area contributed by atoms with Crippen LogP contribution in [0.25, 0.3) is 0 Å². The van der Waals surface area contributed by atoms with Gasteiger partial charge in [0.1, 0.15) is 11.5 Å². The standard InChI is InChI=1S/C21H20N4O3/c1-3-25(15-9-5-4-6-10-15)20(26)18-13-23-19(14-22-18)24-17-12-8-7-11-16(17)21(27)28-2/h4-14H,3H2,1-2H3,(H,23,24). The van der Waals surface area contributed by atoms with Crippen LogP contribution in [-0.2, 0) is 4.74 Å². The third-order valence-electron chi connectivity index (χ3n) is 4.10. The van der Waals surface area contributed by atoms with Crippen molar-refractivity contribution in [3.63, 3.8) is 0 Å². The molecule has 1 N–H and O–H groups in total. The lowest BCUT2D eigenvalue weighted by molar-refractivity contribution is 0.0601. The van der Waals surface area contributed by atoms with Gasteiger partial charge in [-0.2, -0.15) is 0 Å². The number of hydrogen-bond acceptors (Lipinski definition) is 6. The molecule has 0 atom stereocenters. The van der Waals surface area contributed by atoms with Gasteiger partial charge in [-0.15, -0.1) is 0 Å². The quantitative estimate of drug-likeness (QED) is 0.661. The van der Waals surface area contributed by atoms with Crippen LogP contribution >= 0.6 is 0 Å². The molecule has 3 aromatic rings. The zero-order valence-electron chi connectivity index (χ0n) is 15.6. The fourth-order valence-electron chi connectivity index (χ4n) is 2.71. The van der Waals surface area contributed by atoms with Crippen LogP contribution in [0.3, 0.4) is 0 Å². The molecule has 1 heterocycles. The largest absolute Gasteiger partial charge is 0.465 e. The molecule has 0 bridgehead atoms. The molecule has 7 nitrogen and oxygen atoms in total. The Kier molecular flexibility index (Phi) is 5.96. The van der Waals surface area contributed by atoms with Gasteiger partial charge in [-0.3, -0.25) is 4.79 Å². The number of benzene rings is 2. The van der Waals surface area contributed by atoms with E-state index in [1.807, 2.05) is 37.3 Å². The Bertz CT molecular complexity index is 959. The van der Waals surface area contributed by atoms with E-state index in [0.29, 0.717) is 23.6 Å². The Labute approximate surface area is 163 Å². The van der Waals surface area contributed by atoms with Crippen molar-refractivity contribution in [2.75, 3.05) is 23.9 Å². The van der Waals surface area contributed by atoms with Crippen molar-refractivity contribution in [2.45, 2.75) is 6.92 Å². The number of amides is 1. The number of nitrogens with zero attached hydrogens (tertiary/aromatic N) is 3. The monoisotopic (exact) mass is 376 g/mol. The lowest BCUT2D eigenvalue weighted by atomic mass is 10.2. The first kappa shape index (κ1) is 19.0. The number of rotatable bonds is 6. The molecule has 0 saturated heterocycles. The molecule has 0 unspecified atom stereocenters. The predicted molar refractivity (Wildman–Crippen MR) is 107 cm³/mol. The molecule has 0 aliphatic heterocycles. The van der Waals surface area contributed by atoms with Gasteiger partial charge in [-0.25, -0.2) is 14.8 Å². The van der Waals surface area contributed by atoms with Gasteiger partial charge >= 0.3 is 5.97 Å². The first-order valence-corrected chi connectivity index (χ1v) is 8.77. The van der Waals surface area contributed by atoms with Gasteiger partial charge in [0, 0.05) is 12.2 Å². The molecule has 1 amide bonds. The van der Waals surface area contributed by atoms with E-state index in [1.54, 1.807) is 29.2 Å². The summed E-state index contributed by atoms with van der Waals surface area (Å²) in [6.45, 7) is 2.41. The van der Waals surface area contributed by atoms with E-state index in [1.165, 1.54) is 19.5 Å². The molecule has 2 aromatic carbocycles. The van der Waals surface area contributed by atoms with Gasteiger partial charge in [-0.1, -0.05) is 30.3 Å². The van der Waals surface area contributed by atoms with Crippen molar-refractivity contribution < 1.29 is 14.3 Å². The van der Waals surface area contributed by atoms with Crippen LogP contribution in [0.15, 0.2) is 67.0 Å². The van der Waals surface area contributed by atoms with Gasteiger partial charge in [0.05, 0.1) is 30.8 Å². The topological polar surface area (TPSA) is 84.4 Å². The summed E-state index contributed by atoms with van der Waals surface area (Å²) in [5.74, 6) is -0.275. The Morgan fingerprint density at radius 1 is 1.00 bits per heavy atom. The Morgan fingerprint density at radius 3 is 2.36 bits per heavy atom. The molecule has 0 radical (unpaired) electrons. The van der Waals surface area contributed by atoms with Crippen LogP contribution in [0, 0.1) is 0 Å². The zero-order valence-corrected chi connectivity index (χ0v) is 15.6. The molecule has 0 aliphatic rings. The molecule has 7 heteroatoms. The Balaban J connectivity index is 1.79. The van der Waals surface area contributed by atoms with E-state index in [2.05, 4.69) is 15.3 Å². The molecule has 1 aromatic heterocycles. The second kappa shape index (κ2) is 8.77. The number of para-hydroxylation sites is 2. The van der Waals surface area contributed by atoms with Gasteiger partial charge in [0.2, 0.25) is 0 Å². The fraction of sp³-hybridized carbons (Fsp3) is 0.143. The van der Waals surface area contributed by atoms with Crippen molar-refractivity contribution in [1.82, 2.24) is 9.97 Å². The highest BCUT2D eigenvalue weighted by atomic mass is 16.5. The van der Waals surface area contributed by atoms with E-state index in [9.17, 15) is 9.59 Å². The number of carbonyl (C=O) groups excluding carboxylic acids is 2. The van der Waals surface area contributed by atoms with Gasteiger partial charge in [0.25, 0.3) is 5.91 Å². The summed E-state index contributed by atoms with van der Waals surface area (Å²) in [4.78, 5) is 34.8. The third kappa shape index (κ3) is 4.15. The van der Waals surface area contributed by atoms with Gasteiger partial charge in [0.15, 0.2) is 0 Å². The second-order valence-corrected chi connectivity index (χ2v) is 5.83. The smallest absolute Gasteiger partial charge is 0.339 e. The second-order valence-electron chi connectivity index (χ2n) is 5.83. The number of hydrogen-bond donors (Lipinski definition) is 1. The van der Waals surface area contributed by atoms with E-state index >= 15 is 0 Å². The van der Waals surface area contributed by atoms with Crippen molar-refractivity contribution in [3.8, 4) is 0 Å². The molecule has 0 fully saturated rings. The summed E-state index contributed by atoms with van der Waals surface area (Å²) in [5.41, 5.74) is 1.96. The van der Waals surface area contributed by atoms with Gasteiger partial charge in [-0.05, 0) is 31.2 Å². The summed E-state index contributed by atoms with van der Waals surface area (Å²) in [5, 5.41) is 3.03. The van der Waals surface area contributed by atoms with Crippen LogP contribution in [0.5, 0.6) is 0 Å². The maximum Gasteiger partial charge on any atom is 0.339 e. The summed E-state index contributed by atoms with van der Waals surface area (Å²) in [7, 11) is 1.32. The minimum absolute atomic E-state index is 0.234. The van der Waals surface area contributed by atoms with Crippen molar-refractivity contribution in [2.24, 2.45) is 0 Å². The summed E-state index contributed by atoms with van der Waals surface area (Å²) < 4.78 is 4.78. The van der Waals surface area contributed by atoms with Crippen LogP contribution in [-0.4, -0.2) is 35.5 Å². The van der Waals surface area contributed by atoms with Crippen molar-refractivity contribution in [3.05, 3.63) is 78.2 Å². The van der Waals surface area contributed by atoms with E-state index in [0.717, 1.165) is 5.69 Å². The lowest BCUT2D eigenvalue weighted by Crippen LogP contribution is -2.31. The highest BCUT2D eigenvalue weighted by Gasteiger charge is 2.18. The summed E-state index contributed by atoms with van der Waals surface area (Å²) in [6.07, 6.45) is 2.87. The normalized spacial score (nSPS) is 10.2. The fourth-order valence-corrected chi connectivity index (χ4v) is 2.71. The molecular weight excluding hydrogens is 356 g/mol. The molecule has 0 aliphatic carbocycles. The number of esters is 1. The average molecular weight is 376 g/mol. The maximum absolute atomic E-state index is 12.8. The SMILES string of the molecule is CCN(C(=O)c1cnc(Nc2ccccc2C(=O)OC)cn1)c1ccccc1. The molecule has 142 valence electrons. The van der Waals surface area contributed by atoms with Gasteiger partial charge < -0.3 is 15.0 Å². The summed E-state index contributed by atoms with van der Waals surface area (Å²) >= 11 is 0. The molecular formula is C21H20N4O3. The van der Waals surface area contributed by atoms with Crippen molar-refractivity contribution in [1.29, 1.82) is 0 Å². The number of ether oxygens (including phenoxy) is 1. The van der Waals surface area contributed by atoms with E-state index in [-0.39, 0.29) is 11.6 Å². The van der Waals surface area contributed by atoms with E-state index in [4.69, 9.17) is 4.74 Å².